The fourth-order valence-corrected chi connectivity index (χ4v) is 1.99. The van der Waals surface area contributed by atoms with Crippen molar-refractivity contribution >= 4 is 28.4 Å². The number of ether oxygens (including phenoxy) is 1. The summed E-state index contributed by atoms with van der Waals surface area (Å²) in [5.74, 6) is 0.590. The van der Waals surface area contributed by atoms with Crippen LogP contribution in [0.15, 0.2) is 24.3 Å². The molecule has 0 aliphatic heterocycles. The number of benzene rings is 1. The lowest BCUT2D eigenvalue weighted by atomic mass is 10.0. The first-order chi connectivity index (χ1) is 7.61. The normalized spacial score (nSPS) is 12.4. The minimum atomic E-state index is 0.283. The van der Waals surface area contributed by atoms with Crippen molar-refractivity contribution in [3.8, 4) is 0 Å². The van der Waals surface area contributed by atoms with E-state index in [2.05, 4.69) is 22.6 Å². The predicted molar refractivity (Wildman–Crippen MR) is 73.5 cm³/mol. The lowest BCUT2D eigenvalue weighted by molar-refractivity contribution is -0.119. The smallest absolute Gasteiger partial charge is 0.137 e. The minimum Gasteiger partial charge on any atom is -0.384 e. The lowest BCUT2D eigenvalue weighted by Crippen LogP contribution is -2.12. The van der Waals surface area contributed by atoms with Crippen molar-refractivity contribution < 1.29 is 9.53 Å². The summed E-state index contributed by atoms with van der Waals surface area (Å²) in [6, 6.07) is 8.09. The minimum absolute atomic E-state index is 0.283. The summed E-state index contributed by atoms with van der Waals surface area (Å²) in [7, 11) is 1.67. The Balaban J connectivity index is 2.42. The van der Waals surface area contributed by atoms with E-state index in [0.717, 1.165) is 5.56 Å². The number of ketones is 1. The van der Waals surface area contributed by atoms with Crippen LogP contribution in [0.5, 0.6) is 0 Å². The molecule has 0 bridgehead atoms. The molecule has 0 aliphatic rings. The largest absolute Gasteiger partial charge is 0.384 e. The highest BCUT2D eigenvalue weighted by Gasteiger charge is 2.09. The van der Waals surface area contributed by atoms with Gasteiger partial charge in [0.1, 0.15) is 5.78 Å². The number of hydrogen-bond acceptors (Lipinski definition) is 2. The van der Waals surface area contributed by atoms with Crippen molar-refractivity contribution in [1.29, 1.82) is 0 Å². The van der Waals surface area contributed by atoms with E-state index in [4.69, 9.17) is 4.74 Å². The molecule has 1 rings (SSSR count). The first kappa shape index (κ1) is 13.6. The fourth-order valence-electron chi connectivity index (χ4n) is 1.63. The Hall–Kier alpha value is -0.420. The van der Waals surface area contributed by atoms with Gasteiger partial charge in [0.2, 0.25) is 0 Å². The molecular formula is C13H17IO2. The Bertz CT molecular complexity index is 332. The van der Waals surface area contributed by atoms with E-state index in [1.165, 1.54) is 3.57 Å². The molecule has 1 aromatic carbocycles. The van der Waals surface area contributed by atoms with Crippen molar-refractivity contribution in [2.45, 2.75) is 19.8 Å². The topological polar surface area (TPSA) is 26.3 Å². The number of rotatable bonds is 6. The zero-order valence-electron chi connectivity index (χ0n) is 9.70. The molecule has 0 amide bonds. The van der Waals surface area contributed by atoms with E-state index in [1.54, 1.807) is 7.11 Å². The van der Waals surface area contributed by atoms with E-state index in [-0.39, 0.29) is 5.78 Å². The van der Waals surface area contributed by atoms with Crippen LogP contribution in [0, 0.1) is 9.49 Å². The molecule has 0 aliphatic carbocycles. The van der Waals surface area contributed by atoms with Crippen molar-refractivity contribution in [1.82, 2.24) is 0 Å². The molecule has 1 unspecified atom stereocenters. The molecule has 0 spiro atoms. The van der Waals surface area contributed by atoms with Crippen LogP contribution in [0.2, 0.25) is 0 Å². The average Bonchev–Trinajstić information content (AvgIpc) is 2.21. The van der Waals surface area contributed by atoms with Crippen LogP contribution in [0.25, 0.3) is 0 Å². The summed E-state index contributed by atoms with van der Waals surface area (Å²) >= 11 is 2.26. The van der Waals surface area contributed by atoms with Gasteiger partial charge in [0.25, 0.3) is 0 Å². The number of carbonyl (C=O) groups excluding carboxylic acids is 1. The van der Waals surface area contributed by atoms with Gasteiger partial charge >= 0.3 is 0 Å². The molecule has 1 atom stereocenters. The molecule has 3 heteroatoms. The van der Waals surface area contributed by atoms with Gasteiger partial charge in [-0.1, -0.05) is 19.1 Å². The van der Waals surface area contributed by atoms with E-state index >= 15 is 0 Å². The van der Waals surface area contributed by atoms with E-state index in [1.807, 2.05) is 31.2 Å². The maximum atomic E-state index is 11.7. The molecule has 0 radical (unpaired) electrons. The third kappa shape index (κ3) is 5.07. The zero-order chi connectivity index (χ0) is 12.0. The first-order valence-corrected chi connectivity index (χ1v) is 6.44. The Labute approximate surface area is 111 Å². The summed E-state index contributed by atoms with van der Waals surface area (Å²) in [5, 5.41) is 0. The van der Waals surface area contributed by atoms with Gasteiger partial charge < -0.3 is 4.74 Å². The van der Waals surface area contributed by atoms with Crippen LogP contribution in [0.1, 0.15) is 18.9 Å². The number of methoxy groups -OCH3 is 1. The van der Waals surface area contributed by atoms with Crippen LogP contribution in [-0.4, -0.2) is 19.5 Å². The monoisotopic (exact) mass is 332 g/mol. The van der Waals surface area contributed by atoms with Gasteiger partial charge in [0, 0.05) is 30.1 Å². The van der Waals surface area contributed by atoms with Gasteiger partial charge in [-0.25, -0.2) is 0 Å². The quantitative estimate of drug-likeness (QED) is 0.749. The highest BCUT2D eigenvalue weighted by Crippen LogP contribution is 2.10. The van der Waals surface area contributed by atoms with E-state index in [0.29, 0.717) is 25.4 Å². The molecule has 16 heavy (non-hydrogen) atoms. The summed E-state index contributed by atoms with van der Waals surface area (Å²) in [5.41, 5.74) is 1.09. The van der Waals surface area contributed by atoms with Gasteiger partial charge in [0.05, 0.1) is 0 Å². The molecular weight excluding hydrogens is 315 g/mol. The van der Waals surface area contributed by atoms with Crippen LogP contribution < -0.4 is 0 Å². The number of halogens is 1. The maximum absolute atomic E-state index is 11.7. The average molecular weight is 332 g/mol. The van der Waals surface area contributed by atoms with Gasteiger partial charge in [-0.2, -0.15) is 0 Å². The molecule has 88 valence electrons. The molecule has 0 fully saturated rings. The second-order valence-corrected chi connectivity index (χ2v) is 5.35. The summed E-state index contributed by atoms with van der Waals surface area (Å²) in [6.45, 7) is 2.69. The van der Waals surface area contributed by atoms with Crippen molar-refractivity contribution in [2.24, 2.45) is 5.92 Å². The second kappa shape index (κ2) is 7.01. The van der Waals surface area contributed by atoms with Crippen LogP contribution >= 0.6 is 22.6 Å². The predicted octanol–water partition coefficient (Wildman–Crippen LogP) is 3.08. The van der Waals surface area contributed by atoms with Gasteiger partial charge in [0.15, 0.2) is 0 Å². The van der Waals surface area contributed by atoms with Crippen LogP contribution in [0.3, 0.4) is 0 Å². The third-order valence-corrected chi connectivity index (χ3v) is 3.06. The standard InChI is InChI=1S/C13H17IO2/c1-10(9-16-2)7-13(15)8-11-3-5-12(14)6-4-11/h3-6,10H,7-9H2,1-2H3. The second-order valence-electron chi connectivity index (χ2n) is 4.11. The highest BCUT2D eigenvalue weighted by molar-refractivity contribution is 14.1. The fraction of sp³-hybridized carbons (Fsp3) is 0.462. The van der Waals surface area contributed by atoms with Gasteiger partial charge in [-0.3, -0.25) is 4.79 Å². The molecule has 0 saturated heterocycles. The number of hydrogen-bond donors (Lipinski definition) is 0. The van der Waals surface area contributed by atoms with Crippen molar-refractivity contribution in [3.63, 3.8) is 0 Å². The Morgan fingerprint density at radius 3 is 2.56 bits per heavy atom. The molecule has 2 nitrogen and oxygen atoms in total. The molecule has 0 heterocycles. The Morgan fingerprint density at radius 1 is 1.38 bits per heavy atom. The Morgan fingerprint density at radius 2 is 2.00 bits per heavy atom. The summed E-state index contributed by atoms with van der Waals surface area (Å²) in [4.78, 5) is 11.7. The number of Topliss-reactive ketones (excluding diaryl/α,β-unsaturated/α-hetero) is 1. The van der Waals surface area contributed by atoms with Crippen molar-refractivity contribution in [3.05, 3.63) is 33.4 Å². The van der Waals surface area contributed by atoms with Gasteiger partial charge in [-0.05, 0) is 46.2 Å². The van der Waals surface area contributed by atoms with Crippen LogP contribution in [-0.2, 0) is 16.0 Å². The molecule has 0 saturated carbocycles. The van der Waals surface area contributed by atoms with Crippen molar-refractivity contribution in [2.75, 3.05) is 13.7 Å². The van der Waals surface area contributed by atoms with Crippen LogP contribution in [0.4, 0.5) is 0 Å². The molecule has 1 aromatic rings. The lowest BCUT2D eigenvalue weighted by Gasteiger charge is -2.08. The molecule has 0 aromatic heterocycles. The zero-order valence-corrected chi connectivity index (χ0v) is 11.9. The van der Waals surface area contributed by atoms with E-state index in [9.17, 15) is 4.79 Å². The first-order valence-electron chi connectivity index (χ1n) is 5.37. The third-order valence-electron chi connectivity index (χ3n) is 2.34. The number of carbonyl (C=O) groups is 1. The highest BCUT2D eigenvalue weighted by atomic mass is 127. The summed E-state index contributed by atoms with van der Waals surface area (Å²) < 4.78 is 6.21. The van der Waals surface area contributed by atoms with E-state index < -0.39 is 0 Å². The summed E-state index contributed by atoms with van der Waals surface area (Å²) in [6.07, 6.45) is 1.13. The SMILES string of the molecule is COCC(C)CC(=O)Cc1ccc(I)cc1. The maximum Gasteiger partial charge on any atom is 0.137 e. The van der Waals surface area contributed by atoms with Gasteiger partial charge in [-0.15, -0.1) is 0 Å². The Kier molecular flexibility index (Phi) is 5.98. The molecule has 0 N–H and O–H groups in total.